The Morgan fingerprint density at radius 2 is 1.53 bits per heavy atom. The van der Waals surface area contributed by atoms with Crippen molar-refractivity contribution in [1.82, 2.24) is 10.0 Å². The quantitative estimate of drug-likeness (QED) is 0.579. The number of nitrogens with zero attached hydrogens (tertiary/aromatic N) is 3. The standard InChI is InChI=1S/C24H28ClN3O4/c1-5-31-22(29)27-17(3)21(19-13-9-7-10-14-19)26-24(18(4)25,20-15-11-8-12-16-20)28(27)23(30)32-6-2/h7-18H,5-6H2,1-4H3/t17-,18+,24-/m0/s1. The minimum absolute atomic E-state index is 0.122. The molecular formula is C24H28ClN3O4. The first-order valence-corrected chi connectivity index (χ1v) is 11.1. The molecule has 170 valence electrons. The van der Waals surface area contributed by atoms with Crippen molar-refractivity contribution in [3.05, 3.63) is 71.8 Å². The van der Waals surface area contributed by atoms with Crippen molar-refractivity contribution in [2.24, 2.45) is 4.99 Å². The third kappa shape index (κ3) is 4.17. The molecule has 0 aromatic heterocycles. The van der Waals surface area contributed by atoms with Crippen LogP contribution in [0.25, 0.3) is 0 Å². The first kappa shape index (κ1) is 23.6. The van der Waals surface area contributed by atoms with Gasteiger partial charge in [-0.2, -0.15) is 5.01 Å². The number of halogens is 1. The largest absolute Gasteiger partial charge is 0.448 e. The Labute approximate surface area is 193 Å². The molecule has 0 unspecified atom stereocenters. The Morgan fingerprint density at radius 3 is 2.06 bits per heavy atom. The summed E-state index contributed by atoms with van der Waals surface area (Å²) in [7, 11) is 0. The number of ether oxygens (including phenoxy) is 2. The highest BCUT2D eigenvalue weighted by Gasteiger charge is 2.56. The van der Waals surface area contributed by atoms with Gasteiger partial charge in [-0.1, -0.05) is 60.7 Å². The lowest BCUT2D eigenvalue weighted by Crippen LogP contribution is -2.69. The normalized spacial score (nSPS) is 21.5. The van der Waals surface area contributed by atoms with Crippen LogP contribution in [0.4, 0.5) is 9.59 Å². The van der Waals surface area contributed by atoms with Gasteiger partial charge in [0.05, 0.1) is 30.3 Å². The molecule has 3 atom stereocenters. The highest BCUT2D eigenvalue weighted by Crippen LogP contribution is 2.43. The van der Waals surface area contributed by atoms with E-state index < -0.39 is 29.3 Å². The van der Waals surface area contributed by atoms with E-state index in [1.165, 1.54) is 10.0 Å². The molecule has 1 aliphatic heterocycles. The number of aliphatic imine (C=N–C) groups is 1. The zero-order valence-electron chi connectivity index (χ0n) is 18.7. The predicted octanol–water partition coefficient (Wildman–Crippen LogP) is 5.19. The van der Waals surface area contributed by atoms with Crippen LogP contribution in [0.1, 0.15) is 38.8 Å². The van der Waals surface area contributed by atoms with Gasteiger partial charge in [-0.3, -0.25) is 4.99 Å². The molecule has 3 rings (SSSR count). The highest BCUT2D eigenvalue weighted by molar-refractivity contribution is 6.21. The predicted molar refractivity (Wildman–Crippen MR) is 124 cm³/mol. The van der Waals surface area contributed by atoms with Crippen LogP contribution in [-0.2, 0) is 15.1 Å². The maximum absolute atomic E-state index is 13.3. The maximum Gasteiger partial charge on any atom is 0.431 e. The van der Waals surface area contributed by atoms with E-state index >= 15 is 0 Å². The van der Waals surface area contributed by atoms with Crippen LogP contribution in [-0.4, -0.2) is 52.5 Å². The average Bonchev–Trinajstić information content (AvgIpc) is 2.80. The van der Waals surface area contributed by atoms with Gasteiger partial charge in [0.2, 0.25) is 0 Å². The number of alkyl halides is 1. The Bertz CT molecular complexity index is 968. The topological polar surface area (TPSA) is 71.4 Å². The van der Waals surface area contributed by atoms with E-state index in [0.717, 1.165) is 5.56 Å². The summed E-state index contributed by atoms with van der Waals surface area (Å²) < 4.78 is 10.7. The number of rotatable bonds is 5. The van der Waals surface area contributed by atoms with E-state index in [0.29, 0.717) is 11.3 Å². The Hall–Kier alpha value is -3.06. The molecular weight excluding hydrogens is 430 g/mol. The molecule has 7 nitrogen and oxygen atoms in total. The van der Waals surface area contributed by atoms with Crippen molar-refractivity contribution in [2.45, 2.75) is 44.8 Å². The van der Waals surface area contributed by atoms with Crippen LogP contribution in [0.2, 0.25) is 0 Å². The lowest BCUT2D eigenvalue weighted by atomic mass is 9.92. The fourth-order valence-corrected chi connectivity index (χ4v) is 4.16. The van der Waals surface area contributed by atoms with Gasteiger partial charge in [0.1, 0.15) is 0 Å². The molecule has 0 aliphatic carbocycles. The van der Waals surface area contributed by atoms with Crippen LogP contribution < -0.4 is 0 Å². The minimum Gasteiger partial charge on any atom is -0.448 e. The van der Waals surface area contributed by atoms with Crippen LogP contribution >= 0.6 is 11.6 Å². The van der Waals surface area contributed by atoms with Gasteiger partial charge in [0, 0.05) is 5.56 Å². The van der Waals surface area contributed by atoms with Crippen molar-refractivity contribution >= 4 is 29.5 Å². The SMILES string of the molecule is CCOC(=O)N1[C@@H](C)C(c2ccccc2)=N[C@@](c2ccccc2)([C@@H](C)Cl)N1C(=O)OCC. The van der Waals surface area contributed by atoms with Gasteiger partial charge >= 0.3 is 12.2 Å². The first-order valence-electron chi connectivity index (χ1n) is 10.7. The van der Waals surface area contributed by atoms with E-state index in [-0.39, 0.29) is 13.2 Å². The molecule has 0 saturated heterocycles. The molecule has 32 heavy (non-hydrogen) atoms. The maximum atomic E-state index is 13.3. The molecule has 0 fully saturated rings. The van der Waals surface area contributed by atoms with Crippen LogP contribution in [0.15, 0.2) is 65.7 Å². The molecule has 0 spiro atoms. The van der Waals surface area contributed by atoms with Crippen LogP contribution in [0.3, 0.4) is 0 Å². The van der Waals surface area contributed by atoms with Crippen molar-refractivity contribution in [3.8, 4) is 0 Å². The zero-order valence-corrected chi connectivity index (χ0v) is 19.5. The van der Waals surface area contributed by atoms with E-state index in [4.69, 9.17) is 26.1 Å². The summed E-state index contributed by atoms with van der Waals surface area (Å²) in [6.07, 6.45) is -1.42. The first-order chi connectivity index (χ1) is 15.4. The Morgan fingerprint density at radius 1 is 1.00 bits per heavy atom. The molecule has 0 bridgehead atoms. The van der Waals surface area contributed by atoms with E-state index in [2.05, 4.69) is 0 Å². The third-order valence-corrected chi connectivity index (χ3v) is 5.61. The van der Waals surface area contributed by atoms with Crippen LogP contribution in [0.5, 0.6) is 0 Å². The minimum atomic E-state index is -1.44. The Kier molecular flexibility index (Phi) is 7.40. The lowest BCUT2D eigenvalue weighted by Gasteiger charge is -2.52. The number of carbonyl (C=O) groups is 2. The fraction of sp³-hybridized carbons (Fsp3) is 0.375. The monoisotopic (exact) mass is 457 g/mol. The van der Waals surface area contributed by atoms with E-state index in [1.807, 2.05) is 60.7 Å². The summed E-state index contributed by atoms with van der Waals surface area (Å²) in [5.41, 5.74) is 0.621. The van der Waals surface area contributed by atoms with Gasteiger partial charge < -0.3 is 9.47 Å². The zero-order chi connectivity index (χ0) is 23.3. The second-order valence-corrected chi connectivity index (χ2v) is 7.96. The van der Waals surface area contributed by atoms with Gasteiger partial charge in [0.25, 0.3) is 0 Å². The summed E-state index contributed by atoms with van der Waals surface area (Å²) in [6.45, 7) is 7.21. The molecule has 0 saturated carbocycles. The van der Waals surface area contributed by atoms with E-state index in [1.54, 1.807) is 27.7 Å². The molecule has 8 heteroatoms. The lowest BCUT2D eigenvalue weighted by molar-refractivity contribution is -0.0975. The fourth-order valence-electron chi connectivity index (χ4n) is 3.89. The summed E-state index contributed by atoms with van der Waals surface area (Å²) in [4.78, 5) is 31.6. The second-order valence-electron chi connectivity index (χ2n) is 7.30. The van der Waals surface area contributed by atoms with Gasteiger partial charge in [-0.15, -0.1) is 11.6 Å². The summed E-state index contributed by atoms with van der Waals surface area (Å²) >= 11 is 6.80. The Balaban J connectivity index is 2.37. The number of carbonyl (C=O) groups excluding carboxylic acids is 2. The molecule has 2 aromatic carbocycles. The number of hydrazine groups is 1. The summed E-state index contributed by atoms with van der Waals surface area (Å²) in [5, 5.41) is 1.75. The number of amides is 2. The third-order valence-electron chi connectivity index (χ3n) is 5.31. The molecule has 1 aliphatic rings. The molecule has 2 aromatic rings. The number of hydrogen-bond acceptors (Lipinski definition) is 5. The van der Waals surface area contributed by atoms with Gasteiger partial charge in [-0.25, -0.2) is 14.6 Å². The van der Waals surface area contributed by atoms with Gasteiger partial charge in [-0.05, 0) is 33.3 Å². The summed E-state index contributed by atoms with van der Waals surface area (Å²) in [6, 6.07) is 18.1. The average molecular weight is 458 g/mol. The molecule has 1 heterocycles. The van der Waals surface area contributed by atoms with Crippen molar-refractivity contribution < 1.29 is 19.1 Å². The number of hydrogen-bond donors (Lipinski definition) is 0. The summed E-state index contributed by atoms with van der Waals surface area (Å²) in [5.74, 6) is 0. The van der Waals surface area contributed by atoms with Crippen molar-refractivity contribution in [3.63, 3.8) is 0 Å². The molecule has 0 radical (unpaired) electrons. The van der Waals surface area contributed by atoms with Gasteiger partial charge in [0.15, 0.2) is 5.66 Å². The molecule has 0 N–H and O–H groups in total. The van der Waals surface area contributed by atoms with Crippen molar-refractivity contribution in [1.29, 1.82) is 0 Å². The van der Waals surface area contributed by atoms with E-state index in [9.17, 15) is 9.59 Å². The highest BCUT2D eigenvalue weighted by atomic mass is 35.5. The smallest absolute Gasteiger partial charge is 0.431 e. The number of benzene rings is 2. The molecule has 2 amide bonds. The second kappa shape index (κ2) is 10.0. The van der Waals surface area contributed by atoms with Crippen LogP contribution in [0, 0.1) is 0 Å². The van der Waals surface area contributed by atoms with Crippen molar-refractivity contribution in [2.75, 3.05) is 13.2 Å².